The minimum atomic E-state index is -0.0357. The van der Waals surface area contributed by atoms with Crippen LogP contribution in [0.2, 0.25) is 5.02 Å². The lowest BCUT2D eigenvalue weighted by Crippen LogP contribution is -2.31. The summed E-state index contributed by atoms with van der Waals surface area (Å²) < 4.78 is 0. The maximum atomic E-state index is 13.4. The van der Waals surface area contributed by atoms with Gasteiger partial charge >= 0.3 is 0 Å². The number of fused-ring (bicyclic) bond motifs is 1. The van der Waals surface area contributed by atoms with Crippen LogP contribution in [0, 0.1) is 6.92 Å². The molecular weight excluding hydrogens is 408 g/mol. The molecule has 6 heteroatoms. The summed E-state index contributed by atoms with van der Waals surface area (Å²) in [5.41, 5.74) is 5.74. The van der Waals surface area contributed by atoms with Gasteiger partial charge in [-0.05, 0) is 67.6 Å². The number of likely N-dealkylation sites (tertiary alicyclic amines) is 1. The minimum Gasteiger partial charge on any atom is -0.329 e. The molecule has 0 spiro atoms. The number of pyridine rings is 1. The van der Waals surface area contributed by atoms with E-state index in [1.807, 2.05) is 66.6 Å². The normalized spacial score (nSPS) is 16.2. The Bertz CT molecular complexity index is 1230. The molecule has 5 nitrogen and oxygen atoms in total. The smallest absolute Gasteiger partial charge is 0.275 e. The number of benzene rings is 2. The van der Waals surface area contributed by atoms with Gasteiger partial charge in [0, 0.05) is 23.2 Å². The van der Waals surface area contributed by atoms with E-state index in [4.69, 9.17) is 16.6 Å². The number of carbonyl (C=O) groups excluding carboxylic acids is 1. The summed E-state index contributed by atoms with van der Waals surface area (Å²) in [7, 11) is 0. The van der Waals surface area contributed by atoms with Crippen LogP contribution in [-0.4, -0.2) is 32.5 Å². The molecule has 1 amide bonds. The van der Waals surface area contributed by atoms with Crippen molar-refractivity contribution in [3.63, 3.8) is 0 Å². The van der Waals surface area contributed by atoms with Crippen molar-refractivity contribution in [3.05, 3.63) is 93.9 Å². The number of H-pyrrole nitrogens is 1. The Hall–Kier alpha value is -3.18. The van der Waals surface area contributed by atoms with Gasteiger partial charge < -0.3 is 4.90 Å². The van der Waals surface area contributed by atoms with Crippen LogP contribution in [0.5, 0.6) is 0 Å². The van der Waals surface area contributed by atoms with Crippen LogP contribution in [0.25, 0.3) is 10.9 Å². The van der Waals surface area contributed by atoms with E-state index < -0.39 is 0 Å². The van der Waals surface area contributed by atoms with Crippen molar-refractivity contribution in [2.24, 2.45) is 0 Å². The van der Waals surface area contributed by atoms with Crippen LogP contribution >= 0.6 is 11.6 Å². The van der Waals surface area contributed by atoms with E-state index in [0.29, 0.717) is 5.69 Å². The largest absolute Gasteiger partial charge is 0.329 e. The number of aromatic amines is 1. The van der Waals surface area contributed by atoms with E-state index in [9.17, 15) is 4.79 Å². The van der Waals surface area contributed by atoms with Gasteiger partial charge in [0.1, 0.15) is 0 Å². The zero-order valence-corrected chi connectivity index (χ0v) is 18.1. The van der Waals surface area contributed by atoms with E-state index in [2.05, 4.69) is 16.3 Å². The standard InChI is InChI=1S/C25H23ClN4O/c1-16-4-10-21-20(13-16)24(29-28-21)25(31)30-12-2-3-23(30)22-11-7-18(15-27-22)14-17-5-8-19(26)9-6-17/h4-11,13,15,23H,2-3,12,14H2,1H3,(H,28,29). The molecule has 0 radical (unpaired) electrons. The topological polar surface area (TPSA) is 61.9 Å². The predicted octanol–water partition coefficient (Wildman–Crippen LogP) is 5.49. The Labute approximate surface area is 186 Å². The van der Waals surface area contributed by atoms with Crippen molar-refractivity contribution in [1.29, 1.82) is 0 Å². The quantitative estimate of drug-likeness (QED) is 0.465. The first kappa shape index (κ1) is 19.8. The number of carbonyl (C=O) groups is 1. The molecular formula is C25H23ClN4O. The van der Waals surface area contributed by atoms with Gasteiger partial charge in [0.25, 0.3) is 5.91 Å². The fraction of sp³-hybridized carbons (Fsp3) is 0.240. The molecule has 2 aromatic heterocycles. The van der Waals surface area contributed by atoms with Crippen LogP contribution in [0.4, 0.5) is 0 Å². The highest BCUT2D eigenvalue weighted by Crippen LogP contribution is 2.33. The summed E-state index contributed by atoms with van der Waals surface area (Å²) in [6, 6.07) is 18.0. The summed E-state index contributed by atoms with van der Waals surface area (Å²) in [5.74, 6) is -0.0357. The Morgan fingerprint density at radius 1 is 1.13 bits per heavy atom. The highest BCUT2D eigenvalue weighted by Gasteiger charge is 2.33. The van der Waals surface area contributed by atoms with Crippen LogP contribution in [-0.2, 0) is 6.42 Å². The number of halogens is 1. The lowest BCUT2D eigenvalue weighted by Gasteiger charge is -2.23. The van der Waals surface area contributed by atoms with E-state index in [1.54, 1.807) is 0 Å². The molecule has 4 aromatic rings. The molecule has 3 heterocycles. The molecule has 1 saturated heterocycles. The molecule has 1 aliphatic rings. The first-order valence-corrected chi connectivity index (χ1v) is 10.9. The van der Waals surface area contributed by atoms with Crippen molar-refractivity contribution in [1.82, 2.24) is 20.1 Å². The van der Waals surface area contributed by atoms with E-state index in [-0.39, 0.29) is 11.9 Å². The maximum Gasteiger partial charge on any atom is 0.275 e. The maximum absolute atomic E-state index is 13.4. The van der Waals surface area contributed by atoms with Crippen molar-refractivity contribution in [3.8, 4) is 0 Å². The second kappa shape index (κ2) is 8.16. The van der Waals surface area contributed by atoms with Crippen LogP contribution in [0.3, 0.4) is 0 Å². The second-order valence-electron chi connectivity index (χ2n) is 8.17. The first-order valence-electron chi connectivity index (χ1n) is 10.5. The zero-order valence-electron chi connectivity index (χ0n) is 17.3. The molecule has 31 heavy (non-hydrogen) atoms. The van der Waals surface area contributed by atoms with Crippen LogP contribution < -0.4 is 0 Å². The fourth-order valence-electron chi connectivity index (χ4n) is 4.32. The predicted molar refractivity (Wildman–Crippen MR) is 122 cm³/mol. The van der Waals surface area contributed by atoms with E-state index >= 15 is 0 Å². The Balaban J connectivity index is 1.36. The molecule has 5 rings (SSSR count). The SMILES string of the molecule is Cc1ccc2[nH]nc(C(=O)N3CCCC3c3ccc(Cc4ccc(Cl)cc4)cn3)c2c1. The van der Waals surface area contributed by atoms with Crippen molar-refractivity contribution >= 4 is 28.4 Å². The van der Waals surface area contributed by atoms with Crippen molar-refractivity contribution < 1.29 is 4.79 Å². The third-order valence-corrected chi connectivity index (χ3v) is 6.20. The average molecular weight is 431 g/mol. The molecule has 1 atom stereocenters. The molecule has 0 aliphatic carbocycles. The molecule has 1 aliphatic heterocycles. The lowest BCUT2D eigenvalue weighted by atomic mass is 10.0. The van der Waals surface area contributed by atoms with Gasteiger partial charge in [-0.15, -0.1) is 0 Å². The van der Waals surface area contributed by atoms with E-state index in [1.165, 1.54) is 5.56 Å². The monoisotopic (exact) mass is 430 g/mol. The number of aryl methyl sites for hydroxylation is 1. The van der Waals surface area contributed by atoms with Gasteiger partial charge in [0.2, 0.25) is 0 Å². The summed E-state index contributed by atoms with van der Waals surface area (Å²) >= 11 is 5.97. The Kier molecular flexibility index (Phi) is 5.20. The molecule has 2 aromatic carbocycles. The highest BCUT2D eigenvalue weighted by atomic mass is 35.5. The Morgan fingerprint density at radius 3 is 2.71 bits per heavy atom. The van der Waals surface area contributed by atoms with Gasteiger partial charge in [-0.2, -0.15) is 5.10 Å². The molecule has 0 bridgehead atoms. The molecule has 1 fully saturated rings. The fourth-order valence-corrected chi connectivity index (χ4v) is 4.45. The molecule has 0 saturated carbocycles. The first-order chi connectivity index (χ1) is 15.1. The summed E-state index contributed by atoms with van der Waals surface area (Å²) in [4.78, 5) is 20.0. The van der Waals surface area contributed by atoms with Gasteiger partial charge in [0.15, 0.2) is 5.69 Å². The van der Waals surface area contributed by atoms with Gasteiger partial charge in [-0.3, -0.25) is 14.9 Å². The second-order valence-corrected chi connectivity index (χ2v) is 8.61. The van der Waals surface area contributed by atoms with Gasteiger partial charge in [-0.1, -0.05) is 41.4 Å². The van der Waals surface area contributed by atoms with Crippen LogP contribution in [0.15, 0.2) is 60.8 Å². The average Bonchev–Trinajstić information content (AvgIpc) is 3.43. The Morgan fingerprint density at radius 2 is 1.94 bits per heavy atom. The van der Waals surface area contributed by atoms with Gasteiger partial charge in [-0.25, -0.2) is 0 Å². The third-order valence-electron chi connectivity index (χ3n) is 5.95. The van der Waals surface area contributed by atoms with Crippen LogP contribution in [0.1, 0.15) is 51.8 Å². The zero-order chi connectivity index (χ0) is 21.4. The number of hydrogen-bond donors (Lipinski definition) is 1. The summed E-state index contributed by atoms with van der Waals surface area (Å²) in [6.07, 6.45) is 4.59. The number of nitrogens with one attached hydrogen (secondary N) is 1. The summed E-state index contributed by atoms with van der Waals surface area (Å²) in [5, 5.41) is 8.93. The minimum absolute atomic E-state index is 0.0198. The van der Waals surface area contributed by atoms with Crippen molar-refractivity contribution in [2.75, 3.05) is 6.54 Å². The number of amides is 1. The molecule has 156 valence electrons. The number of rotatable bonds is 4. The molecule has 1 N–H and O–H groups in total. The number of aromatic nitrogens is 3. The van der Waals surface area contributed by atoms with Gasteiger partial charge in [0.05, 0.1) is 17.3 Å². The number of nitrogens with zero attached hydrogens (tertiary/aromatic N) is 3. The lowest BCUT2D eigenvalue weighted by molar-refractivity contribution is 0.0729. The number of hydrogen-bond acceptors (Lipinski definition) is 3. The van der Waals surface area contributed by atoms with Crippen molar-refractivity contribution in [2.45, 2.75) is 32.2 Å². The summed E-state index contributed by atoms with van der Waals surface area (Å²) in [6.45, 7) is 2.74. The highest BCUT2D eigenvalue weighted by molar-refractivity contribution is 6.30. The van der Waals surface area contributed by atoms with E-state index in [0.717, 1.165) is 58.6 Å². The third kappa shape index (κ3) is 3.93. The molecule has 1 unspecified atom stereocenters.